The van der Waals surface area contributed by atoms with Crippen LogP contribution in [0.5, 0.6) is 0 Å². The molecular weight excluding hydrogens is 495 g/mol. The summed E-state index contributed by atoms with van der Waals surface area (Å²) in [6.07, 6.45) is -0.189. The third-order valence-corrected chi connectivity index (χ3v) is 7.56. The van der Waals surface area contributed by atoms with E-state index in [1.807, 2.05) is 42.3 Å². The van der Waals surface area contributed by atoms with Gasteiger partial charge in [0.25, 0.3) is 5.91 Å². The molecule has 1 aliphatic heterocycles. The van der Waals surface area contributed by atoms with Gasteiger partial charge < -0.3 is 29.4 Å². The number of thiophene rings is 1. The molecular formula is C26H31FN6O3S. The maximum atomic E-state index is 14.7. The summed E-state index contributed by atoms with van der Waals surface area (Å²) in [5, 5.41) is 13.2. The van der Waals surface area contributed by atoms with Crippen molar-refractivity contribution in [3.05, 3.63) is 52.0 Å². The van der Waals surface area contributed by atoms with Crippen LogP contribution >= 0.6 is 11.3 Å². The highest BCUT2D eigenvalue weighted by Gasteiger charge is 2.28. The van der Waals surface area contributed by atoms with Crippen LogP contribution in [0, 0.1) is 0 Å². The van der Waals surface area contributed by atoms with Gasteiger partial charge in [0.2, 0.25) is 11.7 Å². The summed E-state index contributed by atoms with van der Waals surface area (Å²) in [6.45, 7) is 4.63. The lowest BCUT2D eigenvalue weighted by molar-refractivity contribution is 0.0946. The molecule has 2 atom stereocenters. The summed E-state index contributed by atoms with van der Waals surface area (Å²) in [7, 11) is 3.57. The van der Waals surface area contributed by atoms with Crippen molar-refractivity contribution in [1.29, 1.82) is 0 Å². The number of hydrogen-bond donors (Lipinski definition) is 2. The molecule has 9 nitrogen and oxygen atoms in total. The Morgan fingerprint density at radius 1 is 1.35 bits per heavy atom. The van der Waals surface area contributed by atoms with E-state index in [1.165, 1.54) is 11.3 Å². The second kappa shape index (κ2) is 11.0. The summed E-state index contributed by atoms with van der Waals surface area (Å²) < 4.78 is 27.4. The minimum absolute atomic E-state index is 0.120. The minimum atomic E-state index is -0.933. The van der Waals surface area contributed by atoms with Crippen molar-refractivity contribution in [3.63, 3.8) is 0 Å². The molecule has 1 saturated heterocycles. The van der Waals surface area contributed by atoms with Gasteiger partial charge in [-0.25, -0.2) is 4.39 Å². The number of aryl methyl sites for hydroxylation is 1. The van der Waals surface area contributed by atoms with Crippen LogP contribution in [0.25, 0.3) is 22.4 Å². The number of fused-ring (bicyclic) bond motifs is 1. The van der Waals surface area contributed by atoms with E-state index in [2.05, 4.69) is 32.3 Å². The van der Waals surface area contributed by atoms with E-state index in [0.29, 0.717) is 37.0 Å². The quantitative estimate of drug-likeness (QED) is 0.336. The van der Waals surface area contributed by atoms with Gasteiger partial charge >= 0.3 is 0 Å². The standard InChI is InChI=1S/C26H31FN6O3S/c1-4-33-22-7-5-6-20(29-21-8-9-32(2)13-19(21)27)18(22)11-23(33)25-30-24(36-31-25)12-28-26(34)16-10-17(14-35-3)37-15-16/h5-7,10-11,15,19,21,29H,4,8-9,12-14H2,1-3H3,(H,28,34)/t19-,21+/m0/s1. The van der Waals surface area contributed by atoms with E-state index < -0.39 is 6.17 Å². The second-order valence-corrected chi connectivity index (χ2v) is 10.3. The first-order valence-corrected chi connectivity index (χ1v) is 13.2. The number of anilines is 1. The van der Waals surface area contributed by atoms with Gasteiger partial charge in [-0.1, -0.05) is 11.2 Å². The maximum Gasteiger partial charge on any atom is 0.252 e. The summed E-state index contributed by atoms with van der Waals surface area (Å²) in [4.78, 5) is 20.0. The topological polar surface area (TPSA) is 97.5 Å². The molecule has 4 aromatic rings. The average Bonchev–Trinajstić information content (AvgIpc) is 3.63. The lowest BCUT2D eigenvalue weighted by atomic mass is 10.0. The van der Waals surface area contributed by atoms with Gasteiger partial charge in [0.05, 0.1) is 36.0 Å². The number of aromatic nitrogens is 3. The van der Waals surface area contributed by atoms with E-state index in [9.17, 15) is 9.18 Å². The average molecular weight is 527 g/mol. The van der Waals surface area contributed by atoms with Gasteiger partial charge in [0.15, 0.2) is 0 Å². The number of alkyl halides is 1. The molecule has 1 aromatic carbocycles. The number of carbonyl (C=O) groups excluding carboxylic acids is 1. The number of halogens is 1. The van der Waals surface area contributed by atoms with Crippen LogP contribution in [0.1, 0.15) is 34.5 Å². The fourth-order valence-electron chi connectivity index (χ4n) is 4.76. The largest absolute Gasteiger partial charge is 0.379 e. The molecule has 11 heteroatoms. The zero-order chi connectivity index (χ0) is 25.9. The van der Waals surface area contributed by atoms with Crippen LogP contribution in [0.3, 0.4) is 0 Å². The number of nitrogens with zero attached hydrogens (tertiary/aromatic N) is 4. The number of ether oxygens (including phenoxy) is 1. The number of nitrogens with one attached hydrogen (secondary N) is 2. The van der Waals surface area contributed by atoms with Crippen LogP contribution in [-0.2, 0) is 24.4 Å². The molecule has 2 N–H and O–H groups in total. The lowest BCUT2D eigenvalue weighted by Crippen LogP contribution is -2.46. The predicted molar refractivity (Wildman–Crippen MR) is 142 cm³/mol. The third kappa shape index (κ3) is 5.39. The number of amides is 1. The number of likely N-dealkylation sites (tertiary alicyclic amines) is 1. The molecule has 1 fully saturated rings. The first-order chi connectivity index (χ1) is 18.0. The molecule has 5 rings (SSSR count). The molecule has 0 saturated carbocycles. The molecule has 1 aliphatic rings. The third-order valence-electron chi connectivity index (χ3n) is 6.65. The number of carbonyl (C=O) groups is 1. The zero-order valence-electron chi connectivity index (χ0n) is 21.2. The van der Waals surface area contributed by atoms with E-state index >= 15 is 0 Å². The zero-order valence-corrected chi connectivity index (χ0v) is 22.0. The predicted octanol–water partition coefficient (Wildman–Crippen LogP) is 4.30. The lowest BCUT2D eigenvalue weighted by Gasteiger charge is -2.33. The van der Waals surface area contributed by atoms with Crippen LogP contribution in [0.15, 0.2) is 40.2 Å². The summed E-state index contributed by atoms with van der Waals surface area (Å²) in [5.74, 6) is 0.541. The van der Waals surface area contributed by atoms with Crippen molar-refractivity contribution in [2.24, 2.45) is 0 Å². The van der Waals surface area contributed by atoms with Crippen molar-refractivity contribution in [2.45, 2.75) is 45.3 Å². The first-order valence-electron chi connectivity index (χ1n) is 12.4. The van der Waals surface area contributed by atoms with Crippen LogP contribution in [-0.4, -0.2) is 65.0 Å². The van der Waals surface area contributed by atoms with Gasteiger partial charge in [-0.05, 0) is 44.7 Å². The molecule has 4 heterocycles. The number of methoxy groups -OCH3 is 1. The van der Waals surface area contributed by atoms with Gasteiger partial charge in [-0.3, -0.25) is 4.79 Å². The Balaban J connectivity index is 1.33. The molecule has 0 radical (unpaired) electrons. The monoisotopic (exact) mass is 526 g/mol. The summed E-state index contributed by atoms with van der Waals surface area (Å²) in [5.41, 5.74) is 3.27. The van der Waals surface area contributed by atoms with Crippen LogP contribution in [0.2, 0.25) is 0 Å². The van der Waals surface area contributed by atoms with Crippen LogP contribution < -0.4 is 10.6 Å². The smallest absolute Gasteiger partial charge is 0.252 e. The Morgan fingerprint density at radius 3 is 3.00 bits per heavy atom. The number of benzene rings is 1. The fourth-order valence-corrected chi connectivity index (χ4v) is 5.60. The van der Waals surface area contributed by atoms with E-state index in [1.54, 1.807) is 12.5 Å². The molecule has 0 spiro atoms. The summed E-state index contributed by atoms with van der Waals surface area (Å²) in [6, 6.07) is 9.59. The first kappa shape index (κ1) is 25.4. The van der Waals surface area contributed by atoms with Crippen molar-refractivity contribution < 1.29 is 18.4 Å². The molecule has 0 aliphatic carbocycles. The molecule has 3 aromatic heterocycles. The van der Waals surface area contributed by atoms with Crippen molar-refractivity contribution in [1.82, 2.24) is 24.9 Å². The molecule has 0 unspecified atom stereocenters. The number of rotatable bonds is 9. The fraction of sp³-hybridized carbons (Fsp3) is 0.423. The van der Waals surface area contributed by atoms with Crippen LogP contribution in [0.4, 0.5) is 10.1 Å². The van der Waals surface area contributed by atoms with Gasteiger partial charge in [0, 0.05) is 48.1 Å². The van der Waals surface area contributed by atoms with Crippen molar-refractivity contribution in [3.8, 4) is 11.5 Å². The number of hydrogen-bond acceptors (Lipinski definition) is 8. The van der Waals surface area contributed by atoms with E-state index in [4.69, 9.17) is 9.26 Å². The van der Waals surface area contributed by atoms with Gasteiger partial charge in [0.1, 0.15) is 6.17 Å². The van der Waals surface area contributed by atoms with Gasteiger partial charge in [-0.2, -0.15) is 4.98 Å². The summed E-state index contributed by atoms with van der Waals surface area (Å²) >= 11 is 1.48. The minimum Gasteiger partial charge on any atom is -0.379 e. The Labute approximate surface area is 218 Å². The second-order valence-electron chi connectivity index (χ2n) is 9.26. The SMILES string of the molecule is CCn1c(-c2noc(CNC(=O)c3csc(COC)c3)n2)cc2c(N[C@@H]3CCN(C)C[C@@H]3F)cccc21. The maximum absolute atomic E-state index is 14.7. The Kier molecular flexibility index (Phi) is 7.54. The highest BCUT2D eigenvalue weighted by Crippen LogP contribution is 2.33. The molecule has 196 valence electrons. The highest BCUT2D eigenvalue weighted by atomic mass is 32.1. The Bertz CT molecular complexity index is 1380. The van der Waals surface area contributed by atoms with E-state index in [0.717, 1.165) is 40.1 Å². The van der Waals surface area contributed by atoms with Crippen molar-refractivity contribution >= 4 is 33.8 Å². The normalized spacial score (nSPS) is 18.4. The highest BCUT2D eigenvalue weighted by molar-refractivity contribution is 7.10. The molecule has 1 amide bonds. The van der Waals surface area contributed by atoms with Crippen molar-refractivity contribution in [2.75, 3.05) is 32.6 Å². The Hall–Kier alpha value is -3.28. The Morgan fingerprint density at radius 2 is 2.22 bits per heavy atom. The molecule has 37 heavy (non-hydrogen) atoms. The van der Waals surface area contributed by atoms with E-state index in [-0.39, 0.29) is 18.5 Å². The van der Waals surface area contributed by atoms with Gasteiger partial charge in [-0.15, -0.1) is 11.3 Å². The number of piperidine rings is 1. The molecule has 0 bridgehead atoms.